The second kappa shape index (κ2) is 8.44. The number of hydrogen-bond acceptors (Lipinski definition) is 3. The molecule has 0 aliphatic carbocycles. The summed E-state index contributed by atoms with van der Waals surface area (Å²) >= 11 is 5.25. The maximum atomic E-state index is 12.3. The summed E-state index contributed by atoms with van der Waals surface area (Å²) in [4.78, 5) is 0. The van der Waals surface area contributed by atoms with Crippen LogP contribution < -0.4 is 20.1 Å². The van der Waals surface area contributed by atoms with Crippen molar-refractivity contribution < 1.29 is 18.3 Å². The Labute approximate surface area is 144 Å². The highest BCUT2D eigenvalue weighted by Gasteiger charge is 2.11. The van der Waals surface area contributed by atoms with Crippen molar-refractivity contribution in [1.29, 1.82) is 0 Å². The average Bonchev–Trinajstić information content (AvgIpc) is 2.53. The lowest BCUT2D eigenvalue weighted by Gasteiger charge is -2.13. The summed E-state index contributed by atoms with van der Waals surface area (Å²) in [5.41, 5.74) is 2.84. The number of hydrogen-bond donors (Lipinski definition) is 2. The van der Waals surface area contributed by atoms with Crippen molar-refractivity contribution in [1.82, 2.24) is 5.32 Å². The number of alkyl halides is 2. The van der Waals surface area contributed by atoms with Crippen molar-refractivity contribution in [2.45, 2.75) is 20.1 Å². The van der Waals surface area contributed by atoms with Crippen molar-refractivity contribution in [3.8, 4) is 11.5 Å². The van der Waals surface area contributed by atoms with Gasteiger partial charge in [0, 0.05) is 12.2 Å². The Bertz CT molecular complexity index is 711. The van der Waals surface area contributed by atoms with Crippen molar-refractivity contribution in [3.63, 3.8) is 0 Å². The Balaban J connectivity index is 1.94. The van der Waals surface area contributed by atoms with E-state index < -0.39 is 6.61 Å². The lowest BCUT2D eigenvalue weighted by molar-refractivity contribution is -0.0512. The van der Waals surface area contributed by atoms with Gasteiger partial charge in [0.1, 0.15) is 0 Å². The highest BCUT2D eigenvalue weighted by Crippen LogP contribution is 2.29. The summed E-state index contributed by atoms with van der Waals surface area (Å²) in [6.07, 6.45) is 0. The molecule has 2 rings (SSSR count). The number of methoxy groups -OCH3 is 1. The monoisotopic (exact) mass is 352 g/mol. The van der Waals surface area contributed by atoms with Gasteiger partial charge in [-0.05, 0) is 54.5 Å². The molecule has 0 saturated carbocycles. The molecule has 2 N–H and O–H groups in total. The maximum absolute atomic E-state index is 12.3. The van der Waals surface area contributed by atoms with Gasteiger partial charge >= 0.3 is 6.61 Å². The third kappa shape index (κ3) is 5.34. The first-order valence-electron chi connectivity index (χ1n) is 7.21. The lowest BCUT2D eigenvalue weighted by Crippen LogP contribution is -2.27. The molecule has 0 saturated heterocycles. The van der Waals surface area contributed by atoms with E-state index in [-0.39, 0.29) is 11.5 Å². The molecule has 0 aromatic heterocycles. The van der Waals surface area contributed by atoms with Crippen LogP contribution in [0.25, 0.3) is 0 Å². The van der Waals surface area contributed by atoms with Crippen LogP contribution >= 0.6 is 12.2 Å². The minimum Gasteiger partial charge on any atom is -0.493 e. The number of thiocarbonyl (C=S) groups is 1. The van der Waals surface area contributed by atoms with E-state index in [1.54, 1.807) is 12.1 Å². The topological polar surface area (TPSA) is 42.5 Å². The highest BCUT2D eigenvalue weighted by molar-refractivity contribution is 7.80. The largest absolute Gasteiger partial charge is 0.493 e. The Morgan fingerprint density at radius 2 is 1.96 bits per heavy atom. The number of benzene rings is 2. The van der Waals surface area contributed by atoms with E-state index in [1.807, 2.05) is 31.2 Å². The van der Waals surface area contributed by atoms with Crippen LogP contribution in [0.5, 0.6) is 11.5 Å². The van der Waals surface area contributed by atoms with Gasteiger partial charge in [-0.25, -0.2) is 0 Å². The lowest BCUT2D eigenvalue weighted by atomic mass is 10.2. The molecular formula is C17H18F2N2O2S. The molecule has 2 aromatic carbocycles. The maximum Gasteiger partial charge on any atom is 0.387 e. The summed E-state index contributed by atoms with van der Waals surface area (Å²) in [5.74, 6) is 0.240. The molecule has 0 atom stereocenters. The first-order valence-corrected chi connectivity index (χ1v) is 7.62. The number of rotatable bonds is 6. The molecule has 128 valence electrons. The van der Waals surface area contributed by atoms with Crippen molar-refractivity contribution in [2.75, 3.05) is 12.4 Å². The molecule has 0 bridgehead atoms. The fraction of sp³-hybridized carbons (Fsp3) is 0.235. The van der Waals surface area contributed by atoms with Gasteiger partial charge in [-0.1, -0.05) is 18.2 Å². The molecule has 7 heteroatoms. The standard InChI is InChI=1S/C17H18F2N2O2S/c1-11-4-3-5-13(8-11)21-17(24)20-10-12-6-7-14(23-16(18)19)15(9-12)22-2/h3-9,16H,10H2,1-2H3,(H2,20,21,24). The Hall–Kier alpha value is -2.41. The zero-order valence-electron chi connectivity index (χ0n) is 13.3. The fourth-order valence-corrected chi connectivity index (χ4v) is 2.29. The zero-order chi connectivity index (χ0) is 17.5. The van der Waals surface area contributed by atoms with Crippen LogP contribution in [0.3, 0.4) is 0 Å². The molecule has 0 amide bonds. The second-order valence-corrected chi connectivity index (χ2v) is 5.45. The van der Waals surface area contributed by atoms with Gasteiger partial charge in [0.25, 0.3) is 0 Å². The van der Waals surface area contributed by atoms with Crippen LogP contribution in [0.4, 0.5) is 14.5 Å². The van der Waals surface area contributed by atoms with Gasteiger partial charge in [-0.15, -0.1) is 0 Å². The minimum atomic E-state index is -2.89. The minimum absolute atomic E-state index is 0.00304. The van der Waals surface area contributed by atoms with E-state index in [0.29, 0.717) is 11.7 Å². The molecule has 4 nitrogen and oxygen atoms in total. The summed E-state index contributed by atoms with van der Waals surface area (Å²) in [7, 11) is 1.40. The first-order chi connectivity index (χ1) is 11.5. The third-order valence-electron chi connectivity index (χ3n) is 3.17. The number of halogens is 2. The summed E-state index contributed by atoms with van der Waals surface area (Å²) in [5, 5.41) is 6.60. The smallest absolute Gasteiger partial charge is 0.387 e. The van der Waals surface area contributed by atoms with E-state index >= 15 is 0 Å². The molecule has 2 aromatic rings. The van der Waals surface area contributed by atoms with Crippen LogP contribution in [-0.2, 0) is 6.54 Å². The summed E-state index contributed by atoms with van der Waals surface area (Å²) in [6.45, 7) is -0.478. The number of nitrogens with one attached hydrogen (secondary N) is 2. The fourth-order valence-electron chi connectivity index (χ4n) is 2.10. The Kier molecular flexibility index (Phi) is 6.31. The molecule has 0 unspecified atom stereocenters. The van der Waals surface area contributed by atoms with Gasteiger partial charge in [0.2, 0.25) is 0 Å². The van der Waals surface area contributed by atoms with Gasteiger partial charge < -0.3 is 20.1 Å². The average molecular weight is 352 g/mol. The number of anilines is 1. The normalized spacial score (nSPS) is 10.4. The van der Waals surface area contributed by atoms with E-state index in [2.05, 4.69) is 15.4 Å². The summed E-state index contributed by atoms with van der Waals surface area (Å²) < 4.78 is 34.1. The van der Waals surface area contributed by atoms with Crippen LogP contribution in [0.15, 0.2) is 42.5 Å². The van der Waals surface area contributed by atoms with E-state index in [4.69, 9.17) is 17.0 Å². The molecule has 0 aliphatic heterocycles. The summed E-state index contributed by atoms with van der Waals surface area (Å²) in [6, 6.07) is 12.6. The van der Waals surface area contributed by atoms with Crippen LogP contribution in [0, 0.1) is 6.92 Å². The Morgan fingerprint density at radius 3 is 2.62 bits per heavy atom. The predicted molar refractivity (Wildman–Crippen MR) is 93.9 cm³/mol. The second-order valence-electron chi connectivity index (χ2n) is 5.04. The molecule has 0 aliphatic rings. The molecular weight excluding hydrogens is 334 g/mol. The third-order valence-corrected chi connectivity index (χ3v) is 3.42. The number of ether oxygens (including phenoxy) is 2. The number of aryl methyl sites for hydroxylation is 1. The van der Waals surface area contributed by atoms with Crippen LogP contribution in [0.2, 0.25) is 0 Å². The van der Waals surface area contributed by atoms with Crippen molar-refractivity contribution in [2.24, 2.45) is 0 Å². The van der Waals surface area contributed by atoms with Gasteiger partial charge in [-0.3, -0.25) is 0 Å². The molecule has 0 radical (unpaired) electrons. The van der Waals surface area contributed by atoms with Gasteiger partial charge in [-0.2, -0.15) is 8.78 Å². The van der Waals surface area contributed by atoms with E-state index in [1.165, 1.54) is 13.2 Å². The van der Waals surface area contributed by atoms with Crippen molar-refractivity contribution >= 4 is 23.0 Å². The van der Waals surface area contributed by atoms with Crippen molar-refractivity contribution in [3.05, 3.63) is 53.6 Å². The Morgan fingerprint density at radius 1 is 1.17 bits per heavy atom. The quantitative estimate of drug-likeness (QED) is 0.767. The highest BCUT2D eigenvalue weighted by atomic mass is 32.1. The van der Waals surface area contributed by atoms with E-state index in [0.717, 1.165) is 16.8 Å². The predicted octanol–water partition coefficient (Wildman–Crippen LogP) is 4.09. The van der Waals surface area contributed by atoms with Crippen LogP contribution in [-0.4, -0.2) is 18.8 Å². The van der Waals surface area contributed by atoms with Gasteiger partial charge in [0.05, 0.1) is 7.11 Å². The molecule has 0 heterocycles. The van der Waals surface area contributed by atoms with Gasteiger partial charge in [0.15, 0.2) is 16.6 Å². The first kappa shape index (κ1) is 17.9. The van der Waals surface area contributed by atoms with Crippen LogP contribution in [0.1, 0.15) is 11.1 Å². The van der Waals surface area contributed by atoms with E-state index in [9.17, 15) is 8.78 Å². The molecule has 0 fully saturated rings. The molecule has 0 spiro atoms. The molecule has 24 heavy (non-hydrogen) atoms. The SMILES string of the molecule is COc1cc(CNC(=S)Nc2cccc(C)c2)ccc1OC(F)F. The zero-order valence-corrected chi connectivity index (χ0v) is 14.1.